The van der Waals surface area contributed by atoms with Crippen LogP contribution in [0.15, 0.2) is 45.3 Å². The molecule has 0 fully saturated rings. The number of carbonyl (C=O) groups excluding carboxylic acids is 1. The Bertz CT molecular complexity index is 659. The molecule has 2 aromatic rings. The van der Waals surface area contributed by atoms with E-state index in [4.69, 9.17) is 4.74 Å². The quantitative estimate of drug-likeness (QED) is 0.812. The molecule has 4 nitrogen and oxygen atoms in total. The van der Waals surface area contributed by atoms with E-state index in [1.165, 1.54) is 6.07 Å². The van der Waals surface area contributed by atoms with Crippen LogP contribution < -0.4 is 10.1 Å². The minimum atomic E-state index is -0.393. The maximum Gasteiger partial charge on any atom is 0.259 e. The molecule has 0 aromatic heterocycles. The molecule has 0 unspecified atom stereocenters. The molecule has 0 saturated carbocycles. The first-order chi connectivity index (χ1) is 9.49. The number of phenols is 1. The summed E-state index contributed by atoms with van der Waals surface area (Å²) in [5.74, 6) is 0.142. The van der Waals surface area contributed by atoms with E-state index >= 15 is 0 Å². The Morgan fingerprint density at radius 1 is 1.15 bits per heavy atom. The highest BCUT2D eigenvalue weighted by atomic mass is 79.9. The highest BCUT2D eigenvalue weighted by Crippen LogP contribution is 2.27. The van der Waals surface area contributed by atoms with Crippen molar-refractivity contribution in [2.75, 3.05) is 12.4 Å². The summed E-state index contributed by atoms with van der Waals surface area (Å²) in [5.41, 5.74) is 0.774. The molecule has 0 saturated heterocycles. The fraction of sp³-hybridized carbons (Fsp3) is 0.0714. The van der Waals surface area contributed by atoms with Gasteiger partial charge in [0.05, 0.1) is 12.7 Å². The molecule has 0 atom stereocenters. The summed E-state index contributed by atoms with van der Waals surface area (Å²) in [4.78, 5) is 12.1. The lowest BCUT2D eigenvalue weighted by Crippen LogP contribution is -2.12. The summed E-state index contributed by atoms with van der Waals surface area (Å²) >= 11 is 6.56. The van der Waals surface area contributed by atoms with Gasteiger partial charge in [0.2, 0.25) is 0 Å². The lowest BCUT2D eigenvalue weighted by molar-refractivity contribution is 0.102. The molecular formula is C14H11Br2NO3. The predicted octanol–water partition coefficient (Wildman–Crippen LogP) is 4.18. The number of ether oxygens (including phenoxy) is 1. The van der Waals surface area contributed by atoms with E-state index in [1.807, 2.05) is 0 Å². The van der Waals surface area contributed by atoms with Crippen molar-refractivity contribution in [1.82, 2.24) is 0 Å². The number of amides is 1. The standard InChI is InChI=1S/C14H11Br2NO3/c1-20-11-5-9(16)4-10(7-11)17-14(19)12-3-2-8(15)6-13(12)18/h2-7,18H,1H3,(H,17,19). The zero-order valence-electron chi connectivity index (χ0n) is 10.5. The van der Waals surface area contributed by atoms with Gasteiger partial charge in [0.1, 0.15) is 11.5 Å². The SMILES string of the molecule is COc1cc(Br)cc(NC(=O)c2ccc(Br)cc2O)c1. The molecule has 0 aliphatic carbocycles. The molecule has 2 aromatic carbocycles. The van der Waals surface area contributed by atoms with Crippen molar-refractivity contribution in [1.29, 1.82) is 0 Å². The predicted molar refractivity (Wildman–Crippen MR) is 84.5 cm³/mol. The molecule has 0 spiro atoms. The second-order valence-electron chi connectivity index (χ2n) is 4.00. The summed E-state index contributed by atoms with van der Waals surface area (Å²) in [6.45, 7) is 0. The maximum absolute atomic E-state index is 12.1. The number of nitrogens with one attached hydrogen (secondary N) is 1. The number of methoxy groups -OCH3 is 1. The molecule has 0 bridgehead atoms. The smallest absolute Gasteiger partial charge is 0.259 e. The monoisotopic (exact) mass is 399 g/mol. The first-order valence-electron chi connectivity index (χ1n) is 5.64. The van der Waals surface area contributed by atoms with Gasteiger partial charge in [-0.1, -0.05) is 31.9 Å². The van der Waals surface area contributed by atoms with Crippen molar-refractivity contribution in [3.05, 3.63) is 50.9 Å². The van der Waals surface area contributed by atoms with E-state index < -0.39 is 5.91 Å². The van der Waals surface area contributed by atoms with Crippen LogP contribution in [0.5, 0.6) is 11.5 Å². The van der Waals surface area contributed by atoms with Gasteiger partial charge in [-0.25, -0.2) is 0 Å². The van der Waals surface area contributed by atoms with Crippen LogP contribution in [0.3, 0.4) is 0 Å². The number of hydrogen-bond donors (Lipinski definition) is 2. The van der Waals surface area contributed by atoms with Crippen LogP contribution >= 0.6 is 31.9 Å². The highest BCUT2D eigenvalue weighted by Gasteiger charge is 2.12. The van der Waals surface area contributed by atoms with E-state index in [0.29, 0.717) is 15.9 Å². The van der Waals surface area contributed by atoms with Crippen LogP contribution in [0.4, 0.5) is 5.69 Å². The summed E-state index contributed by atoms with van der Waals surface area (Å²) in [5, 5.41) is 12.5. The number of benzene rings is 2. The molecule has 0 aliphatic rings. The lowest BCUT2D eigenvalue weighted by atomic mass is 10.2. The van der Waals surface area contributed by atoms with Gasteiger partial charge < -0.3 is 15.2 Å². The second kappa shape index (κ2) is 6.28. The molecule has 1 amide bonds. The third-order valence-electron chi connectivity index (χ3n) is 2.57. The summed E-state index contributed by atoms with van der Waals surface area (Å²) < 4.78 is 6.61. The second-order valence-corrected chi connectivity index (χ2v) is 5.83. The molecule has 104 valence electrons. The Morgan fingerprint density at radius 3 is 2.55 bits per heavy atom. The van der Waals surface area contributed by atoms with Gasteiger partial charge >= 0.3 is 0 Å². The highest BCUT2D eigenvalue weighted by molar-refractivity contribution is 9.10. The molecule has 0 aliphatic heterocycles. The van der Waals surface area contributed by atoms with Crippen molar-refractivity contribution >= 4 is 43.5 Å². The van der Waals surface area contributed by atoms with Crippen molar-refractivity contribution < 1.29 is 14.6 Å². The van der Waals surface area contributed by atoms with E-state index in [2.05, 4.69) is 37.2 Å². The number of anilines is 1. The van der Waals surface area contributed by atoms with Crippen LogP contribution in [-0.2, 0) is 0 Å². The normalized spacial score (nSPS) is 10.2. The Kier molecular flexibility index (Phi) is 4.67. The fourth-order valence-electron chi connectivity index (χ4n) is 1.65. The van der Waals surface area contributed by atoms with Crippen molar-refractivity contribution in [3.8, 4) is 11.5 Å². The first kappa shape index (κ1) is 14.9. The summed E-state index contributed by atoms with van der Waals surface area (Å²) in [7, 11) is 1.55. The molecular weight excluding hydrogens is 390 g/mol. The zero-order valence-corrected chi connectivity index (χ0v) is 13.7. The third kappa shape index (κ3) is 3.52. The van der Waals surface area contributed by atoms with Crippen LogP contribution in [0, 0.1) is 0 Å². The summed E-state index contributed by atoms with van der Waals surface area (Å²) in [6, 6.07) is 9.93. The molecule has 20 heavy (non-hydrogen) atoms. The van der Waals surface area contributed by atoms with Gasteiger partial charge in [0.15, 0.2) is 0 Å². The van der Waals surface area contributed by atoms with Gasteiger partial charge in [-0.15, -0.1) is 0 Å². The van der Waals surface area contributed by atoms with E-state index in [-0.39, 0.29) is 11.3 Å². The Hall–Kier alpha value is -1.53. The number of rotatable bonds is 3. The Balaban J connectivity index is 2.25. The lowest BCUT2D eigenvalue weighted by Gasteiger charge is -2.09. The van der Waals surface area contributed by atoms with Gasteiger partial charge in [-0.3, -0.25) is 4.79 Å². The average Bonchev–Trinajstić information content (AvgIpc) is 2.37. The number of halogens is 2. The topological polar surface area (TPSA) is 58.6 Å². The number of aromatic hydroxyl groups is 1. The van der Waals surface area contributed by atoms with Crippen molar-refractivity contribution in [3.63, 3.8) is 0 Å². The molecule has 0 radical (unpaired) electrons. The van der Waals surface area contributed by atoms with Crippen LogP contribution in [0.25, 0.3) is 0 Å². The van der Waals surface area contributed by atoms with Gasteiger partial charge in [0.25, 0.3) is 5.91 Å². The van der Waals surface area contributed by atoms with E-state index in [9.17, 15) is 9.90 Å². The van der Waals surface area contributed by atoms with Gasteiger partial charge in [-0.2, -0.15) is 0 Å². The molecule has 0 heterocycles. The van der Waals surface area contributed by atoms with Crippen molar-refractivity contribution in [2.45, 2.75) is 0 Å². The van der Waals surface area contributed by atoms with Crippen molar-refractivity contribution in [2.24, 2.45) is 0 Å². The average molecular weight is 401 g/mol. The maximum atomic E-state index is 12.1. The molecule has 2 rings (SSSR count). The van der Waals surface area contributed by atoms with Crippen LogP contribution in [0.2, 0.25) is 0 Å². The fourth-order valence-corrected chi connectivity index (χ4v) is 2.47. The van der Waals surface area contributed by atoms with E-state index in [1.54, 1.807) is 37.4 Å². The summed E-state index contributed by atoms with van der Waals surface area (Å²) in [6.07, 6.45) is 0. The molecule has 2 N–H and O–H groups in total. The number of carbonyl (C=O) groups is 1. The Morgan fingerprint density at radius 2 is 1.90 bits per heavy atom. The van der Waals surface area contributed by atoms with E-state index in [0.717, 1.165) is 4.47 Å². The minimum absolute atomic E-state index is 0.0844. The largest absolute Gasteiger partial charge is 0.507 e. The number of hydrogen-bond acceptors (Lipinski definition) is 3. The van der Waals surface area contributed by atoms with Gasteiger partial charge in [-0.05, 0) is 30.3 Å². The minimum Gasteiger partial charge on any atom is -0.507 e. The van der Waals surface area contributed by atoms with Gasteiger partial charge in [0, 0.05) is 20.7 Å². The first-order valence-corrected chi connectivity index (χ1v) is 7.22. The third-order valence-corrected chi connectivity index (χ3v) is 3.52. The molecule has 6 heteroatoms. The number of phenolic OH excluding ortho intramolecular Hbond substituents is 1. The van der Waals surface area contributed by atoms with Crippen LogP contribution in [-0.4, -0.2) is 18.1 Å². The van der Waals surface area contributed by atoms with Crippen LogP contribution in [0.1, 0.15) is 10.4 Å². The Labute approximate surface area is 133 Å². The zero-order chi connectivity index (χ0) is 14.7.